The Bertz CT molecular complexity index is 938. The molecule has 0 saturated carbocycles. The molecule has 2 N–H and O–H groups in total. The molecule has 2 aromatic heterocycles. The molecule has 0 aliphatic carbocycles. The van der Waals surface area contributed by atoms with Crippen molar-refractivity contribution in [1.29, 1.82) is 0 Å². The Labute approximate surface area is 176 Å². The molecule has 0 aromatic carbocycles. The molecule has 0 fully saturated rings. The Morgan fingerprint density at radius 2 is 1.97 bits per heavy atom. The summed E-state index contributed by atoms with van der Waals surface area (Å²) < 4.78 is 43.4. The highest BCUT2D eigenvalue weighted by atomic mass is 35.5. The standard InChI is InChI=1S/C19H20ClF3N4O3/c1-4-16(28)27-15-6-12(5-10(2)26-15)17(29)24-8-11(3)30-18-14(20)7-13(9-25-18)19(21,22)23/h5-7,9,11H,4,8H2,1-3H3,(H,24,29)(H,26,27,28). The molecule has 162 valence electrons. The number of aryl methyl sites for hydroxylation is 1. The minimum absolute atomic E-state index is 0.0376. The molecular weight excluding hydrogens is 425 g/mol. The Kier molecular flexibility index (Phi) is 7.60. The molecule has 0 saturated heterocycles. The van der Waals surface area contributed by atoms with Crippen molar-refractivity contribution in [1.82, 2.24) is 15.3 Å². The number of halogens is 4. The second-order valence-corrected chi connectivity index (χ2v) is 6.84. The van der Waals surface area contributed by atoms with Gasteiger partial charge in [0, 0.05) is 23.9 Å². The summed E-state index contributed by atoms with van der Waals surface area (Å²) in [7, 11) is 0. The second-order valence-electron chi connectivity index (χ2n) is 6.43. The van der Waals surface area contributed by atoms with Crippen molar-refractivity contribution in [3.05, 3.63) is 46.2 Å². The van der Waals surface area contributed by atoms with E-state index in [1.165, 1.54) is 6.07 Å². The van der Waals surface area contributed by atoms with Crippen LogP contribution in [0, 0.1) is 6.92 Å². The molecule has 7 nitrogen and oxygen atoms in total. The van der Waals surface area contributed by atoms with Crippen LogP contribution in [0.1, 0.15) is 41.9 Å². The zero-order valence-corrected chi connectivity index (χ0v) is 17.2. The SMILES string of the molecule is CCC(=O)Nc1cc(C(=O)NCC(C)Oc2ncc(C(F)(F)F)cc2Cl)cc(C)n1. The molecule has 0 aliphatic rings. The number of ether oxygens (including phenoxy) is 1. The number of anilines is 1. The zero-order chi connectivity index (χ0) is 22.5. The van der Waals surface area contributed by atoms with E-state index in [2.05, 4.69) is 20.6 Å². The smallest absolute Gasteiger partial charge is 0.417 e. The fourth-order valence-corrected chi connectivity index (χ4v) is 2.54. The van der Waals surface area contributed by atoms with E-state index in [0.717, 1.165) is 6.07 Å². The summed E-state index contributed by atoms with van der Waals surface area (Å²) in [6.45, 7) is 5.01. The molecule has 1 atom stereocenters. The van der Waals surface area contributed by atoms with Gasteiger partial charge in [0.15, 0.2) is 0 Å². The van der Waals surface area contributed by atoms with Crippen LogP contribution in [0.3, 0.4) is 0 Å². The maximum atomic E-state index is 12.7. The highest BCUT2D eigenvalue weighted by molar-refractivity contribution is 6.31. The summed E-state index contributed by atoms with van der Waals surface area (Å²) in [5.41, 5.74) is -0.161. The lowest BCUT2D eigenvalue weighted by atomic mass is 10.2. The minimum Gasteiger partial charge on any atom is -0.472 e. The summed E-state index contributed by atoms with van der Waals surface area (Å²) in [6, 6.07) is 3.72. The molecule has 0 radical (unpaired) electrons. The van der Waals surface area contributed by atoms with Crippen LogP contribution in [-0.2, 0) is 11.0 Å². The average Bonchev–Trinajstić information content (AvgIpc) is 2.66. The number of carbonyl (C=O) groups is 2. The number of aromatic nitrogens is 2. The van der Waals surface area contributed by atoms with Crippen molar-refractivity contribution in [2.45, 2.75) is 39.5 Å². The zero-order valence-electron chi connectivity index (χ0n) is 16.4. The summed E-state index contributed by atoms with van der Waals surface area (Å²) in [5.74, 6) is -0.579. The number of hydrogen-bond acceptors (Lipinski definition) is 5. The van der Waals surface area contributed by atoms with E-state index < -0.39 is 23.8 Å². The first-order valence-corrected chi connectivity index (χ1v) is 9.33. The van der Waals surface area contributed by atoms with Crippen molar-refractivity contribution in [3.63, 3.8) is 0 Å². The summed E-state index contributed by atoms with van der Waals surface area (Å²) in [5, 5.41) is 4.94. The van der Waals surface area contributed by atoms with E-state index in [-0.39, 0.29) is 41.2 Å². The number of alkyl halides is 3. The van der Waals surface area contributed by atoms with Gasteiger partial charge in [0.2, 0.25) is 11.8 Å². The van der Waals surface area contributed by atoms with Crippen LogP contribution in [0.2, 0.25) is 5.02 Å². The molecule has 2 rings (SSSR count). The second kappa shape index (κ2) is 9.75. The number of rotatable bonds is 7. The van der Waals surface area contributed by atoms with Gasteiger partial charge in [-0.3, -0.25) is 9.59 Å². The van der Waals surface area contributed by atoms with Gasteiger partial charge in [-0.1, -0.05) is 18.5 Å². The molecule has 1 unspecified atom stereocenters. The lowest BCUT2D eigenvalue weighted by molar-refractivity contribution is -0.137. The Balaban J connectivity index is 1.99. The minimum atomic E-state index is -4.56. The fourth-order valence-electron chi connectivity index (χ4n) is 2.33. The molecule has 30 heavy (non-hydrogen) atoms. The monoisotopic (exact) mass is 444 g/mol. The van der Waals surface area contributed by atoms with Crippen LogP contribution in [-0.4, -0.2) is 34.4 Å². The Hall–Kier alpha value is -2.88. The topological polar surface area (TPSA) is 93.2 Å². The van der Waals surface area contributed by atoms with Crippen molar-refractivity contribution in [2.75, 3.05) is 11.9 Å². The number of hydrogen-bond donors (Lipinski definition) is 2. The van der Waals surface area contributed by atoms with Crippen LogP contribution in [0.15, 0.2) is 24.4 Å². The van der Waals surface area contributed by atoms with Gasteiger partial charge >= 0.3 is 6.18 Å². The van der Waals surface area contributed by atoms with Gasteiger partial charge in [0.1, 0.15) is 16.9 Å². The molecule has 11 heteroatoms. The molecule has 2 heterocycles. The Morgan fingerprint density at radius 1 is 1.27 bits per heavy atom. The summed E-state index contributed by atoms with van der Waals surface area (Å²) in [4.78, 5) is 31.7. The van der Waals surface area contributed by atoms with Crippen molar-refractivity contribution < 1.29 is 27.5 Å². The van der Waals surface area contributed by atoms with Gasteiger partial charge in [-0.25, -0.2) is 9.97 Å². The quantitative estimate of drug-likeness (QED) is 0.673. The third kappa shape index (κ3) is 6.58. The summed E-state index contributed by atoms with van der Waals surface area (Å²) in [6.07, 6.45) is -4.30. The van der Waals surface area contributed by atoms with E-state index in [0.29, 0.717) is 11.9 Å². The van der Waals surface area contributed by atoms with Crippen LogP contribution in [0.4, 0.5) is 19.0 Å². The van der Waals surface area contributed by atoms with Gasteiger partial charge in [-0.15, -0.1) is 0 Å². The maximum absolute atomic E-state index is 12.7. The first-order chi connectivity index (χ1) is 14.0. The van der Waals surface area contributed by atoms with E-state index in [4.69, 9.17) is 16.3 Å². The van der Waals surface area contributed by atoms with Gasteiger partial charge < -0.3 is 15.4 Å². The van der Waals surface area contributed by atoms with Crippen LogP contribution >= 0.6 is 11.6 Å². The van der Waals surface area contributed by atoms with Gasteiger partial charge in [0.05, 0.1) is 12.1 Å². The number of nitrogens with zero attached hydrogens (tertiary/aromatic N) is 2. The average molecular weight is 445 g/mol. The van der Waals surface area contributed by atoms with Crippen LogP contribution < -0.4 is 15.4 Å². The number of carbonyl (C=O) groups excluding carboxylic acids is 2. The van der Waals surface area contributed by atoms with Crippen LogP contribution in [0.5, 0.6) is 5.88 Å². The largest absolute Gasteiger partial charge is 0.472 e. The predicted molar refractivity (Wildman–Crippen MR) is 105 cm³/mol. The number of nitrogens with one attached hydrogen (secondary N) is 2. The van der Waals surface area contributed by atoms with E-state index in [1.54, 1.807) is 26.8 Å². The van der Waals surface area contributed by atoms with Crippen LogP contribution in [0.25, 0.3) is 0 Å². The normalized spacial score (nSPS) is 12.2. The third-order valence-electron chi connectivity index (χ3n) is 3.80. The van der Waals surface area contributed by atoms with E-state index in [1.807, 2.05) is 0 Å². The first-order valence-electron chi connectivity index (χ1n) is 8.95. The summed E-state index contributed by atoms with van der Waals surface area (Å²) >= 11 is 5.81. The fraction of sp³-hybridized carbons (Fsp3) is 0.368. The molecule has 0 spiro atoms. The lowest BCUT2D eigenvalue weighted by Crippen LogP contribution is -2.34. The molecule has 0 bridgehead atoms. The molecule has 2 aromatic rings. The van der Waals surface area contributed by atoms with E-state index >= 15 is 0 Å². The van der Waals surface area contributed by atoms with Gasteiger partial charge in [-0.2, -0.15) is 13.2 Å². The molecule has 2 amide bonds. The highest BCUT2D eigenvalue weighted by Gasteiger charge is 2.32. The van der Waals surface area contributed by atoms with Crippen molar-refractivity contribution in [2.24, 2.45) is 0 Å². The van der Waals surface area contributed by atoms with Gasteiger partial charge in [-0.05, 0) is 32.0 Å². The van der Waals surface area contributed by atoms with E-state index in [9.17, 15) is 22.8 Å². The Morgan fingerprint density at radius 3 is 2.57 bits per heavy atom. The molecule has 0 aliphatic heterocycles. The lowest BCUT2D eigenvalue weighted by Gasteiger charge is -2.16. The number of pyridine rings is 2. The van der Waals surface area contributed by atoms with Crippen molar-refractivity contribution >= 4 is 29.2 Å². The highest BCUT2D eigenvalue weighted by Crippen LogP contribution is 2.33. The van der Waals surface area contributed by atoms with Gasteiger partial charge in [0.25, 0.3) is 5.91 Å². The maximum Gasteiger partial charge on any atom is 0.417 e. The third-order valence-corrected chi connectivity index (χ3v) is 4.07. The first kappa shape index (κ1) is 23.4. The molecular formula is C19H20ClF3N4O3. The number of amides is 2. The predicted octanol–water partition coefficient (Wildman–Crippen LogP) is 4.00. The van der Waals surface area contributed by atoms with Crippen molar-refractivity contribution in [3.8, 4) is 5.88 Å².